The van der Waals surface area contributed by atoms with Crippen LogP contribution < -0.4 is 24.5 Å². The van der Waals surface area contributed by atoms with Crippen LogP contribution in [0.15, 0.2) is 69.9 Å². The Morgan fingerprint density at radius 1 is 0.949 bits per heavy atom. The number of ether oxygens (including phenoxy) is 3. The van der Waals surface area contributed by atoms with Gasteiger partial charge >= 0.3 is 0 Å². The average Bonchev–Trinajstić information content (AvgIpc) is 3.24. The fraction of sp³-hybridized carbons (Fsp3) is 0.290. The number of unbranched alkanes of at least 4 members (excludes halogenated alkanes) is 2. The van der Waals surface area contributed by atoms with Crippen LogP contribution in [-0.4, -0.2) is 26.2 Å². The van der Waals surface area contributed by atoms with Crippen LogP contribution in [0.5, 0.6) is 17.2 Å². The van der Waals surface area contributed by atoms with E-state index < -0.39 is 23.2 Å². The number of carbonyl (C=O) groups excluding carboxylic acids is 1. The minimum absolute atomic E-state index is 0.0694. The van der Waals surface area contributed by atoms with Crippen molar-refractivity contribution in [1.29, 1.82) is 0 Å². The molecule has 0 saturated carbocycles. The van der Waals surface area contributed by atoms with Crippen molar-refractivity contribution in [3.05, 3.63) is 93.6 Å². The van der Waals surface area contributed by atoms with E-state index in [1.165, 1.54) is 24.1 Å². The molecule has 1 atom stereocenters. The van der Waals surface area contributed by atoms with Gasteiger partial charge < -0.3 is 18.6 Å². The zero-order valence-electron chi connectivity index (χ0n) is 22.2. The molecule has 5 rings (SSSR count). The Kier molecular flexibility index (Phi) is 7.54. The van der Waals surface area contributed by atoms with Crippen molar-refractivity contribution >= 4 is 22.6 Å². The Labute approximate surface area is 225 Å². The van der Waals surface area contributed by atoms with E-state index in [2.05, 4.69) is 6.92 Å². The molecule has 1 aliphatic heterocycles. The van der Waals surface area contributed by atoms with Gasteiger partial charge in [-0.15, -0.1) is 0 Å². The number of methoxy groups -OCH3 is 1. The summed E-state index contributed by atoms with van der Waals surface area (Å²) in [6.45, 7) is 4.96. The molecular weight excluding hydrogens is 501 g/mol. The van der Waals surface area contributed by atoms with Gasteiger partial charge in [-0.1, -0.05) is 31.9 Å². The molecule has 0 bridgehead atoms. The van der Waals surface area contributed by atoms with E-state index in [9.17, 15) is 14.0 Å². The zero-order valence-corrected chi connectivity index (χ0v) is 22.2. The highest BCUT2D eigenvalue weighted by molar-refractivity contribution is 6.10. The second kappa shape index (κ2) is 11.2. The van der Waals surface area contributed by atoms with Crippen LogP contribution in [0, 0.1) is 5.82 Å². The van der Waals surface area contributed by atoms with Crippen molar-refractivity contribution in [2.45, 2.75) is 39.2 Å². The van der Waals surface area contributed by atoms with Crippen LogP contribution >= 0.6 is 0 Å². The quantitative estimate of drug-likeness (QED) is 0.213. The third kappa shape index (κ3) is 4.94. The molecule has 1 amide bonds. The van der Waals surface area contributed by atoms with Crippen LogP contribution in [-0.2, 0) is 0 Å². The summed E-state index contributed by atoms with van der Waals surface area (Å²) in [7, 11) is 1.54. The van der Waals surface area contributed by atoms with E-state index in [-0.39, 0.29) is 22.3 Å². The van der Waals surface area contributed by atoms with Crippen LogP contribution in [0.1, 0.15) is 60.8 Å². The molecule has 202 valence electrons. The maximum atomic E-state index is 14.1. The average molecular weight is 532 g/mol. The number of amides is 1. The number of hydrogen-bond donors (Lipinski definition) is 0. The first kappa shape index (κ1) is 26.3. The molecule has 39 heavy (non-hydrogen) atoms. The zero-order chi connectivity index (χ0) is 27.5. The molecule has 0 aliphatic carbocycles. The minimum atomic E-state index is -0.850. The fourth-order valence-electron chi connectivity index (χ4n) is 4.90. The van der Waals surface area contributed by atoms with Gasteiger partial charge in [-0.05, 0) is 61.4 Å². The van der Waals surface area contributed by atoms with Gasteiger partial charge in [-0.2, -0.15) is 0 Å². The first-order chi connectivity index (χ1) is 19.0. The molecular formula is C31H30FNO6. The van der Waals surface area contributed by atoms with Crippen LogP contribution in [0.2, 0.25) is 0 Å². The monoisotopic (exact) mass is 531 g/mol. The van der Waals surface area contributed by atoms with Crippen LogP contribution in [0.4, 0.5) is 10.1 Å². The highest BCUT2D eigenvalue weighted by Gasteiger charge is 2.44. The van der Waals surface area contributed by atoms with Crippen molar-refractivity contribution < 1.29 is 27.8 Å². The number of benzene rings is 3. The van der Waals surface area contributed by atoms with Gasteiger partial charge in [0.1, 0.15) is 17.1 Å². The van der Waals surface area contributed by atoms with E-state index in [0.29, 0.717) is 41.7 Å². The van der Waals surface area contributed by atoms with Crippen molar-refractivity contribution in [2.24, 2.45) is 0 Å². The summed E-state index contributed by atoms with van der Waals surface area (Å²) in [5.74, 6) is 0.515. The van der Waals surface area contributed by atoms with Gasteiger partial charge in [0.2, 0.25) is 5.76 Å². The van der Waals surface area contributed by atoms with Gasteiger partial charge in [0.05, 0.1) is 37.3 Å². The van der Waals surface area contributed by atoms with Gasteiger partial charge in [-0.25, -0.2) is 4.39 Å². The van der Waals surface area contributed by atoms with E-state index in [1.54, 1.807) is 36.4 Å². The molecule has 0 saturated heterocycles. The first-order valence-corrected chi connectivity index (χ1v) is 13.1. The topological polar surface area (TPSA) is 78.2 Å². The Morgan fingerprint density at radius 2 is 1.79 bits per heavy atom. The van der Waals surface area contributed by atoms with E-state index in [1.807, 2.05) is 13.0 Å². The molecule has 8 heteroatoms. The molecule has 0 fully saturated rings. The Hall–Kier alpha value is -4.33. The van der Waals surface area contributed by atoms with Gasteiger partial charge in [0, 0.05) is 11.8 Å². The molecule has 7 nitrogen and oxygen atoms in total. The van der Waals surface area contributed by atoms with Crippen molar-refractivity contribution in [3.63, 3.8) is 0 Å². The maximum absolute atomic E-state index is 14.1. The molecule has 2 heterocycles. The third-order valence-electron chi connectivity index (χ3n) is 6.75. The molecule has 0 spiro atoms. The summed E-state index contributed by atoms with van der Waals surface area (Å²) in [4.78, 5) is 29.1. The van der Waals surface area contributed by atoms with Crippen molar-refractivity contribution in [3.8, 4) is 17.2 Å². The Bertz CT molecular complexity index is 1580. The summed E-state index contributed by atoms with van der Waals surface area (Å²) >= 11 is 0. The van der Waals surface area contributed by atoms with Gasteiger partial charge in [0.25, 0.3) is 5.91 Å². The summed E-state index contributed by atoms with van der Waals surface area (Å²) in [6, 6.07) is 15.2. The predicted molar refractivity (Wildman–Crippen MR) is 147 cm³/mol. The number of anilines is 1. The second-order valence-corrected chi connectivity index (χ2v) is 9.29. The molecule has 1 unspecified atom stereocenters. The molecule has 0 radical (unpaired) electrons. The fourth-order valence-corrected chi connectivity index (χ4v) is 4.90. The second-order valence-electron chi connectivity index (χ2n) is 9.29. The summed E-state index contributed by atoms with van der Waals surface area (Å²) in [5.41, 5.74) is 0.957. The van der Waals surface area contributed by atoms with Gasteiger partial charge in [0.15, 0.2) is 16.9 Å². The largest absolute Gasteiger partial charge is 0.497 e. The molecule has 0 N–H and O–H groups in total. The Morgan fingerprint density at radius 3 is 2.56 bits per heavy atom. The number of halogens is 1. The lowest BCUT2D eigenvalue weighted by atomic mass is 9.97. The first-order valence-electron chi connectivity index (χ1n) is 13.1. The number of rotatable bonds is 10. The lowest BCUT2D eigenvalue weighted by Gasteiger charge is -2.26. The number of fused-ring (bicyclic) bond motifs is 2. The molecule has 4 aromatic rings. The lowest BCUT2D eigenvalue weighted by molar-refractivity contribution is 0.0971. The SMILES string of the molecule is CCCCCOc1ccc(C2c3c(oc4ccc(F)cc4c3=O)C(=O)N2c2cccc(OC)c2)cc1OCC. The lowest BCUT2D eigenvalue weighted by Crippen LogP contribution is -2.29. The van der Waals surface area contributed by atoms with Crippen molar-refractivity contribution in [1.82, 2.24) is 0 Å². The summed E-state index contributed by atoms with van der Waals surface area (Å²) in [5, 5.41) is 0.0694. The molecule has 1 aliphatic rings. The smallest absolute Gasteiger partial charge is 0.295 e. The van der Waals surface area contributed by atoms with E-state index >= 15 is 0 Å². The highest BCUT2D eigenvalue weighted by Crippen LogP contribution is 2.44. The number of nitrogens with zero attached hydrogens (tertiary/aromatic N) is 1. The van der Waals surface area contributed by atoms with E-state index in [0.717, 1.165) is 25.3 Å². The molecule has 3 aromatic carbocycles. The van der Waals surface area contributed by atoms with Crippen LogP contribution in [0.3, 0.4) is 0 Å². The number of carbonyl (C=O) groups is 1. The highest BCUT2D eigenvalue weighted by atomic mass is 19.1. The molecule has 1 aromatic heterocycles. The normalized spacial score (nSPS) is 14.5. The van der Waals surface area contributed by atoms with E-state index in [4.69, 9.17) is 18.6 Å². The third-order valence-corrected chi connectivity index (χ3v) is 6.75. The summed E-state index contributed by atoms with van der Waals surface area (Å²) < 4.78 is 37.3. The van der Waals surface area contributed by atoms with Gasteiger partial charge in [-0.3, -0.25) is 14.5 Å². The standard InChI is InChI=1S/C31H30FNO6/c1-4-6-7-15-38-25-13-11-19(16-26(25)37-5-2)28-27-29(34)23-17-20(32)12-14-24(23)39-30(27)31(35)33(28)21-9-8-10-22(18-21)36-3/h8-14,16-18,28H,4-7,15H2,1-3H3. The summed E-state index contributed by atoms with van der Waals surface area (Å²) in [6.07, 6.45) is 3.06. The maximum Gasteiger partial charge on any atom is 0.295 e. The predicted octanol–water partition coefficient (Wildman–Crippen LogP) is 6.66. The van der Waals surface area contributed by atoms with Crippen molar-refractivity contribution in [2.75, 3.05) is 25.2 Å². The number of hydrogen-bond acceptors (Lipinski definition) is 6. The Balaban J connectivity index is 1.69. The van der Waals surface area contributed by atoms with Crippen LogP contribution in [0.25, 0.3) is 11.0 Å². The minimum Gasteiger partial charge on any atom is -0.497 e.